The van der Waals surface area contributed by atoms with Gasteiger partial charge in [0.1, 0.15) is 0 Å². The number of hydrogen-bond acceptors (Lipinski definition) is 1. The third-order valence-electron chi connectivity index (χ3n) is 1.92. The van der Waals surface area contributed by atoms with Crippen LogP contribution >= 0.6 is 0 Å². The van der Waals surface area contributed by atoms with E-state index in [0.29, 0.717) is 0 Å². The van der Waals surface area contributed by atoms with Crippen LogP contribution in [0.4, 0.5) is 0 Å². The maximum atomic E-state index is 11.0. The lowest BCUT2D eigenvalue weighted by Crippen LogP contribution is -1.80. The maximum Gasteiger partial charge on any atom is 0.197 e. The van der Waals surface area contributed by atoms with Gasteiger partial charge in [0, 0.05) is 5.39 Å². The fourth-order valence-corrected chi connectivity index (χ4v) is 1.28. The fraction of sp³-hybridized carbons (Fsp3) is 0.100. The summed E-state index contributed by atoms with van der Waals surface area (Å²) < 4.78 is 0. The molecule has 0 amide bonds. The molecule has 1 aromatic carbocycles. The minimum absolute atomic E-state index is 0.0307. The molecule has 0 aliphatic carbocycles. The summed E-state index contributed by atoms with van der Waals surface area (Å²) in [4.78, 5) is 4.03. The second kappa shape index (κ2) is 2.48. The van der Waals surface area contributed by atoms with Crippen LogP contribution in [0.3, 0.4) is 0 Å². The van der Waals surface area contributed by atoms with Crippen molar-refractivity contribution in [2.24, 2.45) is 0 Å². The molecule has 0 atom stereocenters. The first-order valence-corrected chi connectivity index (χ1v) is 3.80. The van der Waals surface area contributed by atoms with Crippen LogP contribution < -0.4 is 0 Å². The molecule has 1 aromatic heterocycles. The van der Waals surface area contributed by atoms with E-state index in [0.717, 1.165) is 16.5 Å². The number of rotatable bonds is 0. The molecule has 0 saturated carbocycles. The summed E-state index contributed by atoms with van der Waals surface area (Å²) in [6, 6.07) is 7.44. The summed E-state index contributed by atoms with van der Waals surface area (Å²) in [5, 5.41) is 11.9. The van der Waals surface area contributed by atoms with E-state index in [1.807, 2.05) is 25.1 Å². The van der Waals surface area contributed by atoms with E-state index >= 15 is 0 Å². The Labute approximate surface area is 70.5 Å². The van der Waals surface area contributed by atoms with Crippen molar-refractivity contribution in [3.63, 3.8) is 0 Å². The number of aryl methyl sites for hydroxylation is 1. The van der Waals surface area contributed by atoms with Gasteiger partial charge in [-0.25, -0.2) is 0 Å². The molecule has 2 nitrogen and oxygen atoms in total. The van der Waals surface area contributed by atoms with Crippen molar-refractivity contribution >= 4 is 10.9 Å². The second-order valence-corrected chi connectivity index (χ2v) is 2.81. The van der Waals surface area contributed by atoms with Gasteiger partial charge >= 0.3 is 0 Å². The summed E-state index contributed by atoms with van der Waals surface area (Å²) in [5.41, 5.74) is 1.98. The summed E-state index contributed by atoms with van der Waals surface area (Å²) >= 11 is 0. The Hall–Kier alpha value is -1.57. The molecule has 2 heteroatoms. The average Bonchev–Trinajstić information content (AvgIpc) is 2.07. The van der Waals surface area contributed by atoms with Crippen LogP contribution in [-0.2, 0) is 5.11 Å². The SMILES string of the molecule is Cc1cccc2ncc([O])cc12. The van der Waals surface area contributed by atoms with Gasteiger partial charge in [-0.1, -0.05) is 12.1 Å². The number of aromatic nitrogens is 1. The zero-order valence-corrected chi connectivity index (χ0v) is 6.74. The normalized spacial score (nSPS) is 10.4. The lowest BCUT2D eigenvalue weighted by Gasteiger charge is -1.99. The minimum atomic E-state index is -0.0307. The smallest absolute Gasteiger partial charge is 0.197 e. The van der Waals surface area contributed by atoms with Crippen LogP contribution in [0.1, 0.15) is 5.56 Å². The van der Waals surface area contributed by atoms with Crippen molar-refractivity contribution in [3.8, 4) is 5.75 Å². The summed E-state index contributed by atoms with van der Waals surface area (Å²) in [5.74, 6) is -0.0307. The molecule has 0 unspecified atom stereocenters. The highest BCUT2D eigenvalue weighted by Gasteiger charge is 1.98. The standard InChI is InChI=1S/C10H8NO/c1-7-3-2-4-10-9(7)5-8(12)6-11-10/h2-6H,1H3. The fourth-order valence-electron chi connectivity index (χ4n) is 1.28. The molecule has 0 bridgehead atoms. The lowest BCUT2D eigenvalue weighted by molar-refractivity contribution is 0.354. The van der Waals surface area contributed by atoms with Crippen LogP contribution in [0.5, 0.6) is 5.75 Å². The summed E-state index contributed by atoms with van der Waals surface area (Å²) in [6.07, 6.45) is 1.35. The van der Waals surface area contributed by atoms with Crippen LogP contribution in [-0.4, -0.2) is 4.98 Å². The summed E-state index contributed by atoms with van der Waals surface area (Å²) in [6.45, 7) is 1.98. The van der Waals surface area contributed by atoms with E-state index in [1.54, 1.807) is 6.07 Å². The molecule has 2 rings (SSSR count). The molecule has 0 aliphatic heterocycles. The molecule has 0 spiro atoms. The number of hydrogen-bond donors (Lipinski definition) is 0. The van der Waals surface area contributed by atoms with Gasteiger partial charge in [-0.15, -0.1) is 0 Å². The lowest BCUT2D eigenvalue weighted by atomic mass is 10.1. The summed E-state index contributed by atoms with van der Waals surface area (Å²) in [7, 11) is 0. The third-order valence-corrected chi connectivity index (χ3v) is 1.92. The van der Waals surface area contributed by atoms with Crippen LogP contribution in [0.2, 0.25) is 0 Å². The van der Waals surface area contributed by atoms with Crippen molar-refractivity contribution < 1.29 is 5.11 Å². The van der Waals surface area contributed by atoms with Gasteiger partial charge in [-0.2, -0.15) is 0 Å². The van der Waals surface area contributed by atoms with E-state index in [1.165, 1.54) is 6.20 Å². The van der Waals surface area contributed by atoms with Gasteiger partial charge < -0.3 is 0 Å². The quantitative estimate of drug-likeness (QED) is 0.580. The van der Waals surface area contributed by atoms with E-state index < -0.39 is 0 Å². The molecule has 0 saturated heterocycles. The van der Waals surface area contributed by atoms with Gasteiger partial charge in [-0.3, -0.25) is 10.1 Å². The zero-order valence-electron chi connectivity index (χ0n) is 6.74. The Morgan fingerprint density at radius 1 is 1.33 bits per heavy atom. The van der Waals surface area contributed by atoms with Crippen LogP contribution in [0.25, 0.3) is 10.9 Å². The second-order valence-electron chi connectivity index (χ2n) is 2.81. The highest BCUT2D eigenvalue weighted by atomic mass is 16.3. The van der Waals surface area contributed by atoms with Crippen molar-refractivity contribution in [1.82, 2.24) is 4.98 Å². The predicted molar refractivity (Wildman–Crippen MR) is 46.6 cm³/mol. The predicted octanol–water partition coefficient (Wildman–Crippen LogP) is 2.69. The Bertz CT molecular complexity index is 423. The number of nitrogens with zero attached hydrogens (tertiary/aromatic N) is 1. The van der Waals surface area contributed by atoms with Crippen LogP contribution in [0.15, 0.2) is 30.5 Å². The van der Waals surface area contributed by atoms with Crippen molar-refractivity contribution in [2.75, 3.05) is 0 Å². The molecular weight excluding hydrogens is 150 g/mol. The van der Waals surface area contributed by atoms with Gasteiger partial charge in [0.15, 0.2) is 5.75 Å². The molecule has 59 valence electrons. The number of pyridine rings is 1. The molecule has 1 heterocycles. The van der Waals surface area contributed by atoms with Gasteiger partial charge in [-0.05, 0) is 24.6 Å². The molecule has 12 heavy (non-hydrogen) atoms. The van der Waals surface area contributed by atoms with E-state index in [2.05, 4.69) is 4.98 Å². The number of fused-ring (bicyclic) bond motifs is 1. The Balaban J connectivity index is 2.88. The highest BCUT2D eigenvalue weighted by molar-refractivity contribution is 5.82. The van der Waals surface area contributed by atoms with Crippen molar-refractivity contribution in [2.45, 2.75) is 6.92 Å². The molecule has 0 fully saturated rings. The Morgan fingerprint density at radius 3 is 3.00 bits per heavy atom. The first kappa shape index (κ1) is 7.10. The Morgan fingerprint density at radius 2 is 2.17 bits per heavy atom. The maximum absolute atomic E-state index is 11.0. The molecule has 2 aromatic rings. The van der Waals surface area contributed by atoms with E-state index in [4.69, 9.17) is 0 Å². The van der Waals surface area contributed by atoms with Crippen LogP contribution in [0, 0.1) is 6.92 Å². The molecular formula is C10H8NO. The highest BCUT2D eigenvalue weighted by Crippen LogP contribution is 2.20. The molecule has 0 N–H and O–H groups in total. The topological polar surface area (TPSA) is 32.8 Å². The average molecular weight is 158 g/mol. The monoisotopic (exact) mass is 158 g/mol. The number of benzene rings is 1. The van der Waals surface area contributed by atoms with Gasteiger partial charge in [0.05, 0.1) is 11.7 Å². The Kier molecular flexibility index (Phi) is 1.47. The van der Waals surface area contributed by atoms with E-state index in [9.17, 15) is 5.11 Å². The zero-order chi connectivity index (χ0) is 8.55. The minimum Gasteiger partial charge on any atom is -0.288 e. The van der Waals surface area contributed by atoms with Gasteiger partial charge in [0.25, 0.3) is 0 Å². The first-order chi connectivity index (χ1) is 5.77. The van der Waals surface area contributed by atoms with Crippen molar-refractivity contribution in [1.29, 1.82) is 0 Å². The largest absolute Gasteiger partial charge is 0.288 e. The first-order valence-electron chi connectivity index (χ1n) is 3.80. The van der Waals surface area contributed by atoms with Crippen molar-refractivity contribution in [3.05, 3.63) is 36.0 Å². The molecule has 0 aliphatic rings. The third kappa shape index (κ3) is 1.01. The van der Waals surface area contributed by atoms with Gasteiger partial charge in [0.2, 0.25) is 0 Å². The van der Waals surface area contributed by atoms with E-state index in [-0.39, 0.29) is 5.75 Å². The molecule has 1 radical (unpaired) electrons.